The standard InChI is InChI=1S/C21H25F4N3O/c1-20(2,3)17-11-18(28(27(17)4)12-13-6-5-7-13)26-19(29)15-10-14(21(23,24)25)8-9-16(15)22/h8-11,13H,5-7,12H2,1-4H3/b26-18+. The van der Waals surface area contributed by atoms with E-state index in [2.05, 4.69) is 4.99 Å². The second-order valence-corrected chi connectivity index (χ2v) is 8.65. The smallest absolute Gasteiger partial charge is 0.291 e. The average molecular weight is 411 g/mol. The Morgan fingerprint density at radius 1 is 1.17 bits per heavy atom. The second-order valence-electron chi connectivity index (χ2n) is 8.65. The summed E-state index contributed by atoms with van der Waals surface area (Å²) in [5.41, 5.74) is -0.743. The maximum Gasteiger partial charge on any atom is 0.416 e. The molecular formula is C21H25F4N3O. The minimum absolute atomic E-state index is 0.228. The summed E-state index contributed by atoms with van der Waals surface area (Å²) in [6, 6.07) is 3.54. The highest BCUT2D eigenvalue weighted by molar-refractivity contribution is 5.95. The normalized spacial score (nSPS) is 16.2. The number of carbonyl (C=O) groups is 1. The number of alkyl halides is 3. The van der Waals surface area contributed by atoms with Crippen LogP contribution in [0.2, 0.25) is 0 Å². The van der Waals surface area contributed by atoms with Gasteiger partial charge in [0.2, 0.25) is 0 Å². The van der Waals surface area contributed by atoms with E-state index in [0.29, 0.717) is 36.1 Å². The molecule has 0 N–H and O–H groups in total. The Kier molecular flexibility index (Phi) is 5.49. The van der Waals surface area contributed by atoms with E-state index < -0.39 is 29.0 Å². The summed E-state index contributed by atoms with van der Waals surface area (Å²) in [6.45, 7) is 6.72. The van der Waals surface area contributed by atoms with Crippen molar-refractivity contribution in [1.29, 1.82) is 0 Å². The summed E-state index contributed by atoms with van der Waals surface area (Å²) in [5, 5.41) is 0. The zero-order valence-electron chi connectivity index (χ0n) is 17.0. The molecule has 0 unspecified atom stereocenters. The van der Waals surface area contributed by atoms with E-state index in [0.717, 1.165) is 25.0 Å². The number of carbonyl (C=O) groups excluding carboxylic acids is 1. The summed E-state index contributed by atoms with van der Waals surface area (Å²) in [5.74, 6) is -1.58. The first-order valence-corrected chi connectivity index (χ1v) is 9.61. The molecule has 1 amide bonds. The Morgan fingerprint density at radius 2 is 1.83 bits per heavy atom. The largest absolute Gasteiger partial charge is 0.416 e. The summed E-state index contributed by atoms with van der Waals surface area (Å²) >= 11 is 0. The molecule has 158 valence electrons. The van der Waals surface area contributed by atoms with E-state index in [9.17, 15) is 22.4 Å². The van der Waals surface area contributed by atoms with Gasteiger partial charge in [0.15, 0.2) is 5.49 Å². The number of nitrogens with zero attached hydrogens (tertiary/aromatic N) is 3. The number of hydrogen-bond donors (Lipinski definition) is 0. The highest BCUT2D eigenvalue weighted by atomic mass is 19.4. The maximum absolute atomic E-state index is 14.1. The third kappa shape index (κ3) is 4.46. The van der Waals surface area contributed by atoms with Crippen molar-refractivity contribution in [3.63, 3.8) is 0 Å². The second kappa shape index (κ2) is 7.46. The SMILES string of the molecule is Cn1c(C(C)(C)C)c/c(=N\C(=O)c2cc(C(F)(F)F)ccc2F)n1CC1CCC1. The average Bonchev–Trinajstić information content (AvgIpc) is 2.86. The Bertz CT molecular complexity index is 989. The topological polar surface area (TPSA) is 39.3 Å². The summed E-state index contributed by atoms with van der Waals surface area (Å²) in [4.78, 5) is 16.6. The van der Waals surface area contributed by atoms with E-state index >= 15 is 0 Å². The fraction of sp³-hybridized carbons (Fsp3) is 0.524. The van der Waals surface area contributed by atoms with Crippen molar-refractivity contribution >= 4 is 5.91 Å². The van der Waals surface area contributed by atoms with Gasteiger partial charge >= 0.3 is 6.18 Å². The molecule has 8 heteroatoms. The van der Waals surface area contributed by atoms with E-state index in [4.69, 9.17) is 0 Å². The predicted molar refractivity (Wildman–Crippen MR) is 101 cm³/mol. The third-order valence-corrected chi connectivity index (χ3v) is 5.41. The zero-order chi connectivity index (χ0) is 21.6. The van der Waals surface area contributed by atoms with Crippen LogP contribution in [0.15, 0.2) is 29.3 Å². The molecule has 1 aromatic heterocycles. The molecule has 3 rings (SSSR count). The molecule has 4 nitrogen and oxygen atoms in total. The van der Waals surface area contributed by atoms with Crippen molar-refractivity contribution in [3.05, 3.63) is 52.4 Å². The molecule has 1 fully saturated rings. The van der Waals surface area contributed by atoms with Crippen molar-refractivity contribution < 1.29 is 22.4 Å². The Hall–Kier alpha value is -2.38. The summed E-state index contributed by atoms with van der Waals surface area (Å²) in [7, 11) is 1.87. The van der Waals surface area contributed by atoms with Crippen molar-refractivity contribution in [2.45, 2.75) is 58.2 Å². The van der Waals surface area contributed by atoms with Crippen LogP contribution in [0, 0.1) is 11.7 Å². The van der Waals surface area contributed by atoms with Gasteiger partial charge in [-0.05, 0) is 37.0 Å². The lowest BCUT2D eigenvalue weighted by Crippen LogP contribution is -2.30. The van der Waals surface area contributed by atoms with Crippen LogP contribution in [0.25, 0.3) is 0 Å². The summed E-state index contributed by atoms with van der Waals surface area (Å²) in [6.07, 6.45) is -1.35. The molecule has 2 aromatic rings. The lowest BCUT2D eigenvalue weighted by molar-refractivity contribution is -0.137. The molecular weight excluding hydrogens is 386 g/mol. The molecule has 1 aliphatic rings. The van der Waals surface area contributed by atoms with Gasteiger partial charge in [0.05, 0.1) is 11.1 Å². The van der Waals surface area contributed by atoms with Gasteiger partial charge in [0, 0.05) is 30.8 Å². The van der Waals surface area contributed by atoms with Gasteiger partial charge in [-0.3, -0.25) is 14.2 Å². The third-order valence-electron chi connectivity index (χ3n) is 5.41. The number of benzene rings is 1. The molecule has 0 atom stereocenters. The van der Waals surface area contributed by atoms with Crippen molar-refractivity contribution in [1.82, 2.24) is 9.36 Å². The first kappa shape index (κ1) is 21.3. The zero-order valence-corrected chi connectivity index (χ0v) is 17.0. The van der Waals surface area contributed by atoms with Crippen molar-refractivity contribution in [2.75, 3.05) is 0 Å². The Labute approximate surface area is 166 Å². The predicted octanol–water partition coefficient (Wildman–Crippen LogP) is 4.82. The number of aromatic nitrogens is 2. The van der Waals surface area contributed by atoms with Gasteiger partial charge in [0.25, 0.3) is 5.91 Å². The van der Waals surface area contributed by atoms with Crippen molar-refractivity contribution in [3.8, 4) is 0 Å². The molecule has 0 radical (unpaired) electrons. The molecule has 1 saturated carbocycles. The van der Waals surface area contributed by atoms with Gasteiger partial charge in [-0.25, -0.2) is 4.39 Å². The lowest BCUT2D eigenvalue weighted by Gasteiger charge is -2.27. The van der Waals surface area contributed by atoms with Crippen molar-refractivity contribution in [2.24, 2.45) is 18.0 Å². The van der Waals surface area contributed by atoms with Crippen LogP contribution in [0.5, 0.6) is 0 Å². The number of halogens is 4. The molecule has 0 bridgehead atoms. The first-order chi connectivity index (χ1) is 13.4. The van der Waals surface area contributed by atoms with Gasteiger partial charge in [0.1, 0.15) is 5.82 Å². The van der Waals surface area contributed by atoms with Crippen LogP contribution in [-0.2, 0) is 25.2 Å². The fourth-order valence-corrected chi connectivity index (χ4v) is 3.53. The van der Waals surface area contributed by atoms with E-state index in [1.54, 1.807) is 6.07 Å². The van der Waals surface area contributed by atoms with E-state index in [1.807, 2.05) is 37.2 Å². The van der Waals surface area contributed by atoms with Crippen LogP contribution >= 0.6 is 0 Å². The Morgan fingerprint density at radius 3 is 2.34 bits per heavy atom. The molecule has 1 aromatic carbocycles. The van der Waals surface area contributed by atoms with E-state index in [1.165, 1.54) is 0 Å². The van der Waals surface area contributed by atoms with Gasteiger partial charge in [-0.1, -0.05) is 27.2 Å². The summed E-state index contributed by atoms with van der Waals surface area (Å²) < 4.78 is 56.8. The van der Waals surface area contributed by atoms with Gasteiger partial charge in [-0.15, -0.1) is 0 Å². The first-order valence-electron chi connectivity index (χ1n) is 9.61. The van der Waals surface area contributed by atoms with Crippen LogP contribution in [0.4, 0.5) is 17.6 Å². The lowest BCUT2D eigenvalue weighted by atomic mass is 9.85. The van der Waals surface area contributed by atoms with Crippen LogP contribution in [-0.4, -0.2) is 15.3 Å². The van der Waals surface area contributed by atoms with Crippen LogP contribution in [0.3, 0.4) is 0 Å². The minimum atomic E-state index is -4.67. The molecule has 1 heterocycles. The monoisotopic (exact) mass is 411 g/mol. The Balaban J connectivity index is 2.08. The highest BCUT2D eigenvalue weighted by Gasteiger charge is 2.32. The van der Waals surface area contributed by atoms with Gasteiger partial charge in [-0.2, -0.15) is 18.2 Å². The van der Waals surface area contributed by atoms with Gasteiger partial charge < -0.3 is 0 Å². The number of hydrogen-bond acceptors (Lipinski definition) is 1. The maximum atomic E-state index is 14.1. The van der Waals surface area contributed by atoms with Crippen LogP contribution < -0.4 is 5.49 Å². The number of rotatable bonds is 3. The molecule has 29 heavy (non-hydrogen) atoms. The van der Waals surface area contributed by atoms with E-state index in [-0.39, 0.29) is 5.41 Å². The van der Waals surface area contributed by atoms with Crippen LogP contribution in [0.1, 0.15) is 61.6 Å². The quantitative estimate of drug-likeness (QED) is 0.668. The highest BCUT2D eigenvalue weighted by Crippen LogP contribution is 2.31. The molecule has 1 aliphatic carbocycles. The number of amides is 1. The minimum Gasteiger partial charge on any atom is -0.291 e. The molecule has 0 spiro atoms. The molecule has 0 aliphatic heterocycles. The molecule has 0 saturated heterocycles. The fourth-order valence-electron chi connectivity index (χ4n) is 3.53.